The van der Waals surface area contributed by atoms with Crippen LogP contribution < -0.4 is 0 Å². The minimum absolute atomic E-state index is 0.320. The van der Waals surface area contributed by atoms with E-state index in [1.54, 1.807) is 49.5 Å². The van der Waals surface area contributed by atoms with Crippen molar-refractivity contribution in [3.63, 3.8) is 0 Å². The number of pyridine rings is 1. The lowest BCUT2D eigenvalue weighted by atomic mass is 10.0. The van der Waals surface area contributed by atoms with Gasteiger partial charge in [0.2, 0.25) is 0 Å². The predicted molar refractivity (Wildman–Crippen MR) is 70.3 cm³/mol. The fourth-order valence-corrected chi connectivity index (χ4v) is 1.71. The van der Waals surface area contributed by atoms with Crippen LogP contribution >= 0.6 is 0 Å². The monoisotopic (exact) mass is 252 g/mol. The molecule has 0 saturated carbocycles. The quantitative estimate of drug-likeness (QED) is 0.788. The molecule has 0 spiro atoms. The van der Waals surface area contributed by atoms with Gasteiger partial charge < -0.3 is 4.74 Å². The van der Waals surface area contributed by atoms with Gasteiger partial charge in [-0.2, -0.15) is 5.26 Å². The lowest BCUT2D eigenvalue weighted by Gasteiger charge is -2.07. The van der Waals surface area contributed by atoms with E-state index in [0.717, 1.165) is 5.56 Å². The minimum Gasteiger partial charge on any atom is -0.462 e. The van der Waals surface area contributed by atoms with Gasteiger partial charge in [0.25, 0.3) is 0 Å². The van der Waals surface area contributed by atoms with E-state index in [1.165, 1.54) is 0 Å². The fourth-order valence-electron chi connectivity index (χ4n) is 1.71. The zero-order valence-corrected chi connectivity index (χ0v) is 10.5. The van der Waals surface area contributed by atoms with E-state index >= 15 is 0 Å². The first kappa shape index (κ1) is 12.8. The summed E-state index contributed by atoms with van der Waals surface area (Å²) in [4.78, 5) is 16.1. The smallest absolute Gasteiger partial charge is 0.340 e. The van der Waals surface area contributed by atoms with Crippen LogP contribution in [0, 0.1) is 11.3 Å². The third kappa shape index (κ3) is 2.78. The molecule has 2 aromatic rings. The second-order valence-corrected chi connectivity index (χ2v) is 3.81. The van der Waals surface area contributed by atoms with Gasteiger partial charge in [-0.3, -0.25) is 4.98 Å². The second-order valence-electron chi connectivity index (χ2n) is 3.81. The van der Waals surface area contributed by atoms with Crippen LogP contribution in [0.2, 0.25) is 0 Å². The lowest BCUT2D eigenvalue weighted by molar-refractivity contribution is 0.0527. The summed E-state index contributed by atoms with van der Waals surface area (Å²) < 4.78 is 5.00. The topological polar surface area (TPSA) is 63.0 Å². The second kappa shape index (κ2) is 5.78. The minimum atomic E-state index is -0.394. The molecule has 0 N–H and O–H groups in total. The van der Waals surface area contributed by atoms with Gasteiger partial charge in [-0.25, -0.2) is 4.79 Å². The lowest BCUT2D eigenvalue weighted by Crippen LogP contribution is -2.07. The summed E-state index contributed by atoms with van der Waals surface area (Å²) >= 11 is 0. The summed E-state index contributed by atoms with van der Waals surface area (Å²) in [5.74, 6) is -0.394. The van der Waals surface area contributed by atoms with Crippen molar-refractivity contribution in [2.45, 2.75) is 6.92 Å². The summed E-state index contributed by atoms with van der Waals surface area (Å²) in [5, 5.41) is 8.77. The molecule has 0 radical (unpaired) electrons. The van der Waals surface area contributed by atoms with Crippen LogP contribution in [0.3, 0.4) is 0 Å². The zero-order chi connectivity index (χ0) is 13.7. The first-order chi connectivity index (χ1) is 9.26. The normalized spacial score (nSPS) is 9.68. The highest BCUT2D eigenvalue weighted by Gasteiger charge is 2.14. The van der Waals surface area contributed by atoms with Crippen molar-refractivity contribution in [1.82, 2.24) is 4.98 Å². The molecular formula is C15H12N2O2. The first-order valence-corrected chi connectivity index (χ1v) is 5.89. The number of benzene rings is 1. The molecule has 0 amide bonds. The maximum Gasteiger partial charge on any atom is 0.340 e. The van der Waals surface area contributed by atoms with Crippen molar-refractivity contribution in [3.8, 4) is 17.3 Å². The molecule has 1 heterocycles. The van der Waals surface area contributed by atoms with E-state index in [9.17, 15) is 4.79 Å². The number of carbonyl (C=O) groups is 1. The molecule has 0 unspecified atom stereocenters. The molecule has 1 aromatic carbocycles. The molecule has 4 heteroatoms. The largest absolute Gasteiger partial charge is 0.462 e. The number of hydrogen-bond acceptors (Lipinski definition) is 4. The molecule has 0 bridgehead atoms. The molecular weight excluding hydrogens is 240 g/mol. The molecule has 0 aliphatic heterocycles. The van der Waals surface area contributed by atoms with Crippen LogP contribution in [-0.2, 0) is 4.74 Å². The van der Waals surface area contributed by atoms with Crippen LogP contribution in [0.1, 0.15) is 22.8 Å². The SMILES string of the molecule is CCOC(=O)c1cccnc1-c1ccc(C#N)cc1. The van der Waals surface area contributed by atoms with Crippen molar-refractivity contribution in [2.75, 3.05) is 6.61 Å². The van der Waals surface area contributed by atoms with Crippen molar-refractivity contribution >= 4 is 5.97 Å². The van der Waals surface area contributed by atoms with E-state index < -0.39 is 5.97 Å². The zero-order valence-electron chi connectivity index (χ0n) is 10.5. The van der Waals surface area contributed by atoms with Gasteiger partial charge in [0.15, 0.2) is 0 Å². The Hall–Kier alpha value is -2.67. The highest BCUT2D eigenvalue weighted by Crippen LogP contribution is 2.22. The Bertz CT molecular complexity index is 627. The summed E-state index contributed by atoms with van der Waals surface area (Å²) in [6, 6.07) is 12.3. The Kier molecular flexibility index (Phi) is 3.89. The van der Waals surface area contributed by atoms with Crippen molar-refractivity contribution < 1.29 is 9.53 Å². The van der Waals surface area contributed by atoms with Crippen molar-refractivity contribution in [3.05, 3.63) is 53.7 Å². The molecule has 0 aliphatic rings. The molecule has 2 rings (SSSR count). The molecule has 1 aromatic heterocycles. The standard InChI is InChI=1S/C15H12N2O2/c1-2-19-15(18)13-4-3-9-17-14(13)12-7-5-11(10-16)6-8-12/h3-9H,2H2,1H3. The van der Waals surface area contributed by atoms with E-state index in [0.29, 0.717) is 23.4 Å². The Morgan fingerprint density at radius 1 is 1.32 bits per heavy atom. The summed E-state index contributed by atoms with van der Waals surface area (Å²) in [6.07, 6.45) is 1.62. The molecule has 0 saturated heterocycles. The predicted octanol–water partition coefficient (Wildman–Crippen LogP) is 2.80. The number of nitrogens with zero attached hydrogens (tertiary/aromatic N) is 2. The number of ether oxygens (including phenoxy) is 1. The number of nitriles is 1. The summed E-state index contributed by atoms with van der Waals surface area (Å²) in [7, 11) is 0. The van der Waals surface area contributed by atoms with Gasteiger partial charge in [0, 0.05) is 11.8 Å². The Balaban J connectivity index is 2.44. The Morgan fingerprint density at radius 3 is 2.68 bits per heavy atom. The van der Waals surface area contributed by atoms with E-state index in [1.807, 2.05) is 0 Å². The van der Waals surface area contributed by atoms with Gasteiger partial charge in [-0.1, -0.05) is 12.1 Å². The maximum absolute atomic E-state index is 11.8. The molecule has 4 nitrogen and oxygen atoms in total. The first-order valence-electron chi connectivity index (χ1n) is 5.89. The van der Waals surface area contributed by atoms with Crippen LogP contribution in [0.25, 0.3) is 11.3 Å². The van der Waals surface area contributed by atoms with E-state index in [4.69, 9.17) is 10.00 Å². The van der Waals surface area contributed by atoms with Crippen LogP contribution in [-0.4, -0.2) is 17.6 Å². The molecule has 94 valence electrons. The average Bonchev–Trinajstić information content (AvgIpc) is 2.47. The van der Waals surface area contributed by atoms with E-state index in [-0.39, 0.29) is 0 Å². The van der Waals surface area contributed by atoms with Crippen LogP contribution in [0.4, 0.5) is 0 Å². The number of hydrogen-bond donors (Lipinski definition) is 0. The molecule has 0 atom stereocenters. The van der Waals surface area contributed by atoms with Crippen LogP contribution in [0.15, 0.2) is 42.6 Å². The maximum atomic E-state index is 11.8. The summed E-state index contributed by atoms with van der Waals surface area (Å²) in [5.41, 5.74) is 2.33. The number of carbonyl (C=O) groups excluding carboxylic acids is 1. The highest BCUT2D eigenvalue weighted by molar-refractivity contribution is 5.96. The van der Waals surface area contributed by atoms with Crippen molar-refractivity contribution in [2.24, 2.45) is 0 Å². The Labute approximate surface area is 111 Å². The van der Waals surface area contributed by atoms with E-state index in [2.05, 4.69) is 11.1 Å². The number of esters is 1. The molecule has 0 aliphatic carbocycles. The third-order valence-corrected chi connectivity index (χ3v) is 2.59. The fraction of sp³-hybridized carbons (Fsp3) is 0.133. The third-order valence-electron chi connectivity index (χ3n) is 2.59. The van der Waals surface area contributed by atoms with Gasteiger partial charge >= 0.3 is 5.97 Å². The Morgan fingerprint density at radius 2 is 2.05 bits per heavy atom. The number of rotatable bonds is 3. The van der Waals surface area contributed by atoms with Crippen molar-refractivity contribution in [1.29, 1.82) is 5.26 Å². The summed E-state index contributed by atoms with van der Waals surface area (Å²) in [6.45, 7) is 2.08. The highest BCUT2D eigenvalue weighted by atomic mass is 16.5. The average molecular weight is 252 g/mol. The number of aromatic nitrogens is 1. The van der Waals surface area contributed by atoms with Gasteiger partial charge in [0.05, 0.1) is 29.5 Å². The van der Waals surface area contributed by atoms with Gasteiger partial charge in [0.1, 0.15) is 0 Å². The van der Waals surface area contributed by atoms with Gasteiger partial charge in [-0.05, 0) is 31.2 Å². The van der Waals surface area contributed by atoms with Gasteiger partial charge in [-0.15, -0.1) is 0 Å². The van der Waals surface area contributed by atoms with Crippen LogP contribution in [0.5, 0.6) is 0 Å². The molecule has 19 heavy (non-hydrogen) atoms. The molecule has 0 fully saturated rings.